The largest absolute Gasteiger partial charge is 0.396 e. The van der Waals surface area contributed by atoms with Crippen LogP contribution in [0.3, 0.4) is 0 Å². The van der Waals surface area contributed by atoms with Crippen molar-refractivity contribution in [2.45, 2.75) is 26.7 Å². The van der Waals surface area contributed by atoms with Gasteiger partial charge in [0, 0.05) is 24.8 Å². The van der Waals surface area contributed by atoms with Crippen LogP contribution in [0.1, 0.15) is 35.6 Å². The summed E-state index contributed by atoms with van der Waals surface area (Å²) in [6, 6.07) is 3.84. The third-order valence-electron chi connectivity index (χ3n) is 3.41. The standard InChI is InChI=1S/C16H23N3O2S/c1-11(2)5-14-7-15(19-18-14)16(21)17-8-13(9-20)6-12-3-4-22-10-12/h3-4,7,10-11,13,20H,5-6,8-9H2,1-2H3,(H,17,21)(H,18,19). The highest BCUT2D eigenvalue weighted by Gasteiger charge is 2.14. The van der Waals surface area contributed by atoms with E-state index in [0.29, 0.717) is 18.2 Å². The normalized spacial score (nSPS) is 12.5. The third kappa shape index (κ3) is 4.96. The van der Waals surface area contributed by atoms with E-state index in [1.807, 2.05) is 11.4 Å². The van der Waals surface area contributed by atoms with Crippen LogP contribution in [0.2, 0.25) is 0 Å². The Bertz CT molecular complexity index is 578. The molecule has 3 N–H and O–H groups in total. The van der Waals surface area contributed by atoms with E-state index < -0.39 is 0 Å². The number of amides is 1. The smallest absolute Gasteiger partial charge is 0.271 e. The van der Waals surface area contributed by atoms with E-state index in [2.05, 4.69) is 34.7 Å². The van der Waals surface area contributed by atoms with E-state index in [9.17, 15) is 9.90 Å². The van der Waals surface area contributed by atoms with Crippen LogP contribution in [0.25, 0.3) is 0 Å². The summed E-state index contributed by atoms with van der Waals surface area (Å²) in [6.07, 6.45) is 1.64. The highest BCUT2D eigenvalue weighted by Crippen LogP contribution is 2.12. The van der Waals surface area contributed by atoms with Crippen molar-refractivity contribution in [3.05, 3.63) is 39.8 Å². The van der Waals surface area contributed by atoms with Crippen LogP contribution >= 0.6 is 11.3 Å². The Hall–Kier alpha value is -1.66. The summed E-state index contributed by atoms with van der Waals surface area (Å²) in [5.41, 5.74) is 2.57. The maximum absolute atomic E-state index is 12.1. The molecule has 0 aliphatic carbocycles. The number of aromatic amines is 1. The molecule has 0 bridgehead atoms. The van der Waals surface area contributed by atoms with Gasteiger partial charge in [-0.25, -0.2) is 0 Å². The van der Waals surface area contributed by atoms with E-state index in [1.165, 1.54) is 5.56 Å². The molecule has 2 rings (SSSR count). The zero-order chi connectivity index (χ0) is 15.9. The molecule has 0 saturated carbocycles. The van der Waals surface area contributed by atoms with Crippen molar-refractivity contribution in [1.29, 1.82) is 0 Å². The molecule has 5 nitrogen and oxygen atoms in total. The summed E-state index contributed by atoms with van der Waals surface area (Å²) in [5, 5.41) is 23.3. The molecule has 120 valence electrons. The average molecular weight is 321 g/mol. The second-order valence-electron chi connectivity index (χ2n) is 5.97. The summed E-state index contributed by atoms with van der Waals surface area (Å²) in [7, 11) is 0. The maximum atomic E-state index is 12.1. The fourth-order valence-electron chi connectivity index (χ4n) is 2.29. The van der Waals surface area contributed by atoms with Crippen LogP contribution in [-0.2, 0) is 12.8 Å². The predicted octanol–water partition coefficient (Wildman–Crippen LogP) is 2.25. The highest BCUT2D eigenvalue weighted by atomic mass is 32.1. The number of hydrogen-bond donors (Lipinski definition) is 3. The zero-order valence-corrected chi connectivity index (χ0v) is 13.8. The van der Waals surface area contributed by atoms with Gasteiger partial charge >= 0.3 is 0 Å². The molecule has 0 saturated heterocycles. The van der Waals surface area contributed by atoms with Gasteiger partial charge in [-0.3, -0.25) is 9.89 Å². The summed E-state index contributed by atoms with van der Waals surface area (Å²) in [5.74, 6) is 0.336. The summed E-state index contributed by atoms with van der Waals surface area (Å²) in [6.45, 7) is 4.74. The number of carbonyl (C=O) groups is 1. The molecule has 6 heteroatoms. The first-order chi connectivity index (χ1) is 10.6. The molecule has 0 fully saturated rings. The van der Waals surface area contributed by atoms with Gasteiger partial charge in [0.25, 0.3) is 5.91 Å². The molecule has 2 heterocycles. The van der Waals surface area contributed by atoms with Gasteiger partial charge in [0.15, 0.2) is 0 Å². The molecule has 0 spiro atoms. The Morgan fingerprint density at radius 3 is 2.91 bits per heavy atom. The van der Waals surface area contributed by atoms with Crippen LogP contribution in [0.5, 0.6) is 0 Å². The number of thiophene rings is 1. The molecule has 1 unspecified atom stereocenters. The minimum absolute atomic E-state index is 0.0210. The Balaban J connectivity index is 1.84. The second kappa shape index (κ2) is 8.10. The molecular weight excluding hydrogens is 298 g/mol. The fourth-order valence-corrected chi connectivity index (χ4v) is 2.97. The number of hydrogen-bond acceptors (Lipinski definition) is 4. The van der Waals surface area contributed by atoms with Gasteiger partial charge in [0.1, 0.15) is 5.69 Å². The van der Waals surface area contributed by atoms with Crippen molar-refractivity contribution in [3.8, 4) is 0 Å². The Morgan fingerprint density at radius 2 is 2.27 bits per heavy atom. The molecule has 0 aromatic carbocycles. The summed E-state index contributed by atoms with van der Waals surface area (Å²) >= 11 is 1.64. The van der Waals surface area contributed by atoms with E-state index in [-0.39, 0.29) is 18.4 Å². The lowest BCUT2D eigenvalue weighted by molar-refractivity contribution is 0.0935. The van der Waals surface area contributed by atoms with Gasteiger partial charge < -0.3 is 10.4 Å². The summed E-state index contributed by atoms with van der Waals surface area (Å²) < 4.78 is 0. The number of aliphatic hydroxyl groups is 1. The predicted molar refractivity (Wildman–Crippen MR) is 88.1 cm³/mol. The number of carbonyl (C=O) groups excluding carboxylic acids is 1. The van der Waals surface area contributed by atoms with Gasteiger partial charge in [0.05, 0.1) is 0 Å². The SMILES string of the molecule is CC(C)Cc1cc(C(=O)NCC(CO)Cc2ccsc2)n[nH]1. The van der Waals surface area contributed by atoms with Crippen molar-refractivity contribution in [3.63, 3.8) is 0 Å². The molecule has 0 aliphatic heterocycles. The van der Waals surface area contributed by atoms with Crippen molar-refractivity contribution < 1.29 is 9.90 Å². The number of H-pyrrole nitrogens is 1. The van der Waals surface area contributed by atoms with Crippen LogP contribution < -0.4 is 5.32 Å². The molecule has 22 heavy (non-hydrogen) atoms. The van der Waals surface area contributed by atoms with Gasteiger partial charge in [-0.15, -0.1) is 0 Å². The van der Waals surface area contributed by atoms with E-state index in [4.69, 9.17) is 0 Å². The average Bonchev–Trinajstić information content (AvgIpc) is 3.14. The number of aliphatic hydroxyl groups excluding tert-OH is 1. The molecule has 2 aromatic heterocycles. The number of aromatic nitrogens is 2. The molecule has 0 aliphatic rings. The van der Waals surface area contributed by atoms with Crippen LogP contribution in [-0.4, -0.2) is 34.4 Å². The summed E-state index contributed by atoms with van der Waals surface area (Å²) in [4.78, 5) is 12.1. The van der Waals surface area contributed by atoms with E-state index in [0.717, 1.165) is 18.5 Å². The minimum atomic E-state index is -0.199. The molecule has 1 atom stereocenters. The van der Waals surface area contributed by atoms with Crippen LogP contribution in [0.15, 0.2) is 22.9 Å². The van der Waals surface area contributed by atoms with Gasteiger partial charge in [0.2, 0.25) is 0 Å². The van der Waals surface area contributed by atoms with Crippen molar-refractivity contribution in [2.75, 3.05) is 13.2 Å². The van der Waals surface area contributed by atoms with Gasteiger partial charge in [-0.05, 0) is 47.2 Å². The van der Waals surface area contributed by atoms with Gasteiger partial charge in [-0.1, -0.05) is 13.8 Å². The van der Waals surface area contributed by atoms with Crippen molar-refractivity contribution in [2.24, 2.45) is 11.8 Å². The quantitative estimate of drug-likeness (QED) is 0.698. The maximum Gasteiger partial charge on any atom is 0.271 e. The molecule has 1 amide bonds. The van der Waals surface area contributed by atoms with E-state index >= 15 is 0 Å². The lowest BCUT2D eigenvalue weighted by Gasteiger charge is -2.13. The first-order valence-electron chi connectivity index (χ1n) is 7.53. The van der Waals surface area contributed by atoms with Crippen molar-refractivity contribution in [1.82, 2.24) is 15.5 Å². The number of rotatable bonds is 8. The Kier molecular flexibility index (Phi) is 6.15. The Morgan fingerprint density at radius 1 is 1.45 bits per heavy atom. The lowest BCUT2D eigenvalue weighted by Crippen LogP contribution is -2.32. The topological polar surface area (TPSA) is 78.0 Å². The van der Waals surface area contributed by atoms with Crippen LogP contribution in [0, 0.1) is 11.8 Å². The number of nitrogens with one attached hydrogen (secondary N) is 2. The second-order valence-corrected chi connectivity index (χ2v) is 6.75. The monoisotopic (exact) mass is 321 g/mol. The van der Waals surface area contributed by atoms with E-state index in [1.54, 1.807) is 17.4 Å². The first kappa shape index (κ1) is 16.7. The van der Waals surface area contributed by atoms with Crippen LogP contribution in [0.4, 0.5) is 0 Å². The lowest BCUT2D eigenvalue weighted by atomic mass is 10.0. The molecule has 2 aromatic rings. The Labute approximate surface area is 134 Å². The third-order valence-corrected chi connectivity index (χ3v) is 4.14. The molecular formula is C16H23N3O2S. The highest BCUT2D eigenvalue weighted by molar-refractivity contribution is 7.07. The molecule has 0 radical (unpaired) electrons. The zero-order valence-electron chi connectivity index (χ0n) is 13.0. The first-order valence-corrected chi connectivity index (χ1v) is 8.47. The van der Waals surface area contributed by atoms with Gasteiger partial charge in [-0.2, -0.15) is 16.4 Å². The minimum Gasteiger partial charge on any atom is -0.396 e. The fraction of sp³-hybridized carbons (Fsp3) is 0.500. The van der Waals surface area contributed by atoms with Crippen molar-refractivity contribution >= 4 is 17.2 Å². The number of nitrogens with zero attached hydrogens (tertiary/aromatic N) is 1.